The third kappa shape index (κ3) is 3.51. The van der Waals surface area contributed by atoms with E-state index >= 15 is 0 Å². The molecule has 0 spiro atoms. The minimum absolute atomic E-state index is 0.345. The van der Waals surface area contributed by atoms with Crippen molar-refractivity contribution in [3.63, 3.8) is 0 Å². The molecule has 2 atom stereocenters. The zero-order valence-electron chi connectivity index (χ0n) is 9.87. The van der Waals surface area contributed by atoms with Crippen molar-refractivity contribution in [1.29, 1.82) is 0 Å². The van der Waals surface area contributed by atoms with Crippen LogP contribution in [0.5, 0.6) is 0 Å². The minimum Gasteiger partial charge on any atom is -0.407 e. The lowest BCUT2D eigenvalue weighted by atomic mass is 10.0. The monoisotopic (exact) mass is 212 g/mol. The SMILES string of the molecule is CCC(C)C(C)Nc1nnc(CNC)o1. The summed E-state index contributed by atoms with van der Waals surface area (Å²) in [6, 6.07) is 0.853. The van der Waals surface area contributed by atoms with E-state index in [1.54, 1.807) is 0 Å². The molecule has 2 N–H and O–H groups in total. The van der Waals surface area contributed by atoms with Crippen LogP contribution in [0.25, 0.3) is 0 Å². The molecule has 1 aromatic rings. The van der Waals surface area contributed by atoms with E-state index in [-0.39, 0.29) is 0 Å². The van der Waals surface area contributed by atoms with Gasteiger partial charge >= 0.3 is 6.01 Å². The molecule has 0 fully saturated rings. The van der Waals surface area contributed by atoms with Gasteiger partial charge in [-0.05, 0) is 19.9 Å². The second-order valence-electron chi connectivity index (χ2n) is 3.85. The number of nitrogens with zero attached hydrogens (tertiary/aromatic N) is 2. The topological polar surface area (TPSA) is 63.0 Å². The van der Waals surface area contributed by atoms with Crippen molar-refractivity contribution in [1.82, 2.24) is 15.5 Å². The Morgan fingerprint density at radius 3 is 2.67 bits per heavy atom. The Hall–Kier alpha value is -1.10. The van der Waals surface area contributed by atoms with Gasteiger partial charge in [-0.2, -0.15) is 0 Å². The smallest absolute Gasteiger partial charge is 0.315 e. The van der Waals surface area contributed by atoms with Gasteiger partial charge in [0, 0.05) is 6.04 Å². The highest BCUT2D eigenvalue weighted by Gasteiger charge is 2.13. The summed E-state index contributed by atoms with van der Waals surface area (Å²) in [6.07, 6.45) is 1.13. The average Bonchev–Trinajstić information content (AvgIpc) is 2.65. The maximum absolute atomic E-state index is 5.39. The Kier molecular flexibility index (Phi) is 4.55. The molecule has 1 aromatic heterocycles. The zero-order valence-corrected chi connectivity index (χ0v) is 9.87. The van der Waals surface area contributed by atoms with Crippen LogP contribution in [0.3, 0.4) is 0 Å². The van der Waals surface area contributed by atoms with Crippen LogP contribution in [0.4, 0.5) is 6.01 Å². The van der Waals surface area contributed by atoms with Gasteiger partial charge in [0.15, 0.2) is 0 Å². The van der Waals surface area contributed by atoms with Crippen molar-refractivity contribution in [3.05, 3.63) is 5.89 Å². The number of aromatic nitrogens is 2. The number of hydrogen-bond acceptors (Lipinski definition) is 5. The first kappa shape index (κ1) is 12.0. The number of rotatable bonds is 6. The Labute approximate surface area is 90.7 Å². The van der Waals surface area contributed by atoms with E-state index in [1.807, 2.05) is 7.05 Å². The van der Waals surface area contributed by atoms with Crippen molar-refractivity contribution in [2.75, 3.05) is 12.4 Å². The highest BCUT2D eigenvalue weighted by Crippen LogP contribution is 2.13. The van der Waals surface area contributed by atoms with Gasteiger partial charge in [0.05, 0.1) is 6.54 Å². The van der Waals surface area contributed by atoms with Gasteiger partial charge in [0.2, 0.25) is 5.89 Å². The highest BCUT2D eigenvalue weighted by atomic mass is 16.4. The quantitative estimate of drug-likeness (QED) is 0.750. The second kappa shape index (κ2) is 5.70. The first-order valence-electron chi connectivity index (χ1n) is 5.40. The first-order valence-corrected chi connectivity index (χ1v) is 5.40. The van der Waals surface area contributed by atoms with Crippen molar-refractivity contribution >= 4 is 6.01 Å². The van der Waals surface area contributed by atoms with Crippen LogP contribution in [-0.2, 0) is 6.54 Å². The van der Waals surface area contributed by atoms with Crippen LogP contribution >= 0.6 is 0 Å². The Morgan fingerprint density at radius 2 is 2.07 bits per heavy atom. The molecule has 5 heteroatoms. The van der Waals surface area contributed by atoms with Crippen LogP contribution in [0.15, 0.2) is 4.42 Å². The van der Waals surface area contributed by atoms with Crippen molar-refractivity contribution < 1.29 is 4.42 Å². The summed E-state index contributed by atoms with van der Waals surface area (Å²) < 4.78 is 5.39. The summed E-state index contributed by atoms with van der Waals surface area (Å²) in [5.74, 6) is 1.20. The molecule has 0 saturated heterocycles. The fraction of sp³-hybridized carbons (Fsp3) is 0.800. The van der Waals surface area contributed by atoms with E-state index in [2.05, 4.69) is 41.6 Å². The summed E-state index contributed by atoms with van der Waals surface area (Å²) in [5.41, 5.74) is 0. The Morgan fingerprint density at radius 1 is 1.33 bits per heavy atom. The molecule has 15 heavy (non-hydrogen) atoms. The van der Waals surface area contributed by atoms with Crippen molar-refractivity contribution in [2.45, 2.75) is 39.8 Å². The molecule has 0 aliphatic rings. The van der Waals surface area contributed by atoms with Gasteiger partial charge in [-0.25, -0.2) is 0 Å². The summed E-state index contributed by atoms with van der Waals surface area (Å²) in [7, 11) is 1.85. The summed E-state index contributed by atoms with van der Waals surface area (Å²) in [6.45, 7) is 7.09. The van der Waals surface area contributed by atoms with Crippen LogP contribution in [-0.4, -0.2) is 23.3 Å². The van der Waals surface area contributed by atoms with Gasteiger partial charge in [-0.1, -0.05) is 25.4 Å². The second-order valence-corrected chi connectivity index (χ2v) is 3.85. The fourth-order valence-corrected chi connectivity index (χ4v) is 1.23. The van der Waals surface area contributed by atoms with Gasteiger partial charge in [-0.15, -0.1) is 5.10 Å². The third-order valence-electron chi connectivity index (χ3n) is 2.64. The summed E-state index contributed by atoms with van der Waals surface area (Å²) in [5, 5.41) is 14.0. The number of hydrogen-bond donors (Lipinski definition) is 2. The predicted octanol–water partition coefficient (Wildman–Crippen LogP) is 1.64. The minimum atomic E-state index is 0.345. The average molecular weight is 212 g/mol. The zero-order chi connectivity index (χ0) is 11.3. The molecule has 86 valence electrons. The lowest BCUT2D eigenvalue weighted by Crippen LogP contribution is -2.23. The van der Waals surface area contributed by atoms with Gasteiger partial charge < -0.3 is 15.1 Å². The molecule has 5 nitrogen and oxygen atoms in total. The Bertz CT molecular complexity index is 287. The molecule has 0 radical (unpaired) electrons. The molecular formula is C10H20N4O. The maximum atomic E-state index is 5.39. The lowest BCUT2D eigenvalue weighted by molar-refractivity contribution is 0.454. The van der Waals surface area contributed by atoms with Crippen LogP contribution in [0.2, 0.25) is 0 Å². The maximum Gasteiger partial charge on any atom is 0.315 e. The van der Waals surface area contributed by atoms with Gasteiger partial charge in [-0.3, -0.25) is 0 Å². The third-order valence-corrected chi connectivity index (χ3v) is 2.64. The number of anilines is 1. The summed E-state index contributed by atoms with van der Waals surface area (Å²) in [4.78, 5) is 0. The molecule has 0 aliphatic carbocycles. The molecule has 1 rings (SSSR count). The van der Waals surface area contributed by atoms with E-state index in [0.717, 1.165) is 6.42 Å². The van der Waals surface area contributed by atoms with Crippen molar-refractivity contribution in [2.24, 2.45) is 5.92 Å². The van der Waals surface area contributed by atoms with Crippen LogP contribution in [0.1, 0.15) is 33.1 Å². The van der Waals surface area contributed by atoms with Crippen molar-refractivity contribution in [3.8, 4) is 0 Å². The van der Waals surface area contributed by atoms with E-state index in [0.29, 0.717) is 30.4 Å². The van der Waals surface area contributed by atoms with E-state index in [4.69, 9.17) is 4.42 Å². The predicted molar refractivity (Wildman–Crippen MR) is 59.6 cm³/mol. The van der Waals surface area contributed by atoms with Gasteiger partial charge in [0.25, 0.3) is 0 Å². The molecule has 0 bridgehead atoms. The largest absolute Gasteiger partial charge is 0.407 e. The lowest BCUT2D eigenvalue weighted by Gasteiger charge is -2.17. The van der Waals surface area contributed by atoms with Crippen LogP contribution < -0.4 is 10.6 Å². The molecule has 0 aliphatic heterocycles. The highest BCUT2D eigenvalue weighted by molar-refractivity contribution is 5.19. The standard InChI is InChI=1S/C10H20N4O/c1-5-7(2)8(3)12-10-14-13-9(15-10)6-11-4/h7-8,11H,5-6H2,1-4H3,(H,12,14). The van der Waals surface area contributed by atoms with Gasteiger partial charge in [0.1, 0.15) is 0 Å². The Balaban J connectivity index is 2.49. The molecule has 0 aromatic carbocycles. The molecule has 0 saturated carbocycles. The summed E-state index contributed by atoms with van der Waals surface area (Å²) >= 11 is 0. The molecule has 1 heterocycles. The normalized spacial score (nSPS) is 14.9. The first-order chi connectivity index (χ1) is 7.17. The molecule has 0 amide bonds. The van der Waals surface area contributed by atoms with E-state index < -0.39 is 0 Å². The van der Waals surface area contributed by atoms with E-state index in [1.165, 1.54) is 0 Å². The fourth-order valence-electron chi connectivity index (χ4n) is 1.23. The number of nitrogens with one attached hydrogen (secondary N) is 2. The van der Waals surface area contributed by atoms with E-state index in [9.17, 15) is 0 Å². The molecule has 2 unspecified atom stereocenters. The molecular weight excluding hydrogens is 192 g/mol. The van der Waals surface area contributed by atoms with Crippen LogP contribution in [0, 0.1) is 5.92 Å².